The number of hydrogen-bond donors (Lipinski definition) is 1. The number of benzene rings is 1. The molecule has 1 N–H and O–H groups in total. The molecule has 1 aromatic carbocycles. The maximum Gasteiger partial charge on any atom is 0.190 e. The van der Waals surface area contributed by atoms with E-state index in [2.05, 4.69) is 5.16 Å². The summed E-state index contributed by atoms with van der Waals surface area (Å²) in [5.74, 6) is -0.657. The molecule has 0 saturated heterocycles. The number of rotatable bonds is 1. The first-order valence-electron chi connectivity index (χ1n) is 4.74. The minimum absolute atomic E-state index is 0.190. The van der Waals surface area contributed by atoms with Crippen LogP contribution in [-0.4, -0.2) is 25.8 Å². The number of nitrogens with zero attached hydrogens (tertiary/aromatic N) is 1. The average molecular weight is 254 g/mol. The molecule has 0 radical (unpaired) electrons. The topological polar surface area (TPSA) is 113 Å². The van der Waals surface area contributed by atoms with Crippen molar-refractivity contribution in [1.82, 2.24) is 0 Å². The molecule has 0 spiro atoms. The van der Waals surface area contributed by atoms with Gasteiger partial charge < -0.3 is 14.3 Å². The van der Waals surface area contributed by atoms with Crippen molar-refractivity contribution in [3.63, 3.8) is 0 Å². The monoisotopic (exact) mass is 254 g/mol. The van der Waals surface area contributed by atoms with Gasteiger partial charge in [0, 0.05) is 21.6 Å². The van der Waals surface area contributed by atoms with Gasteiger partial charge in [0.15, 0.2) is 11.5 Å². The third-order valence-electron chi connectivity index (χ3n) is 2.65. The fraction of sp³-hybridized carbons (Fsp3) is 0.200. The molecule has 1 aliphatic rings. The van der Waals surface area contributed by atoms with Gasteiger partial charge in [0.2, 0.25) is 0 Å². The van der Waals surface area contributed by atoms with Crippen molar-refractivity contribution < 1.29 is 23.3 Å². The van der Waals surface area contributed by atoms with Crippen LogP contribution >= 0.6 is 0 Å². The lowest BCUT2D eigenvalue weighted by Gasteiger charge is -2.31. The first kappa shape index (κ1) is 11.9. The molecule has 0 heterocycles. The number of hydrogen-bond acceptors (Lipinski definition) is 6. The highest BCUT2D eigenvalue weighted by Gasteiger charge is 2.37. The van der Waals surface area contributed by atoms with E-state index in [9.17, 15) is 18.1 Å². The van der Waals surface area contributed by atoms with Crippen LogP contribution < -0.4 is 0 Å². The fourth-order valence-corrected chi connectivity index (χ4v) is 2.76. The van der Waals surface area contributed by atoms with E-state index < -0.39 is 27.9 Å². The standard InChI is InChI=1S/C10H8NO5S/c12-8-5-9(17(14,15)16)6-3-1-2-4-7(6)10(8)11-13/h1-4,9H,5H2,(H-2,12,13,14,15,16)/q-1. The fourth-order valence-electron chi connectivity index (χ4n) is 1.89. The first-order chi connectivity index (χ1) is 7.95. The average Bonchev–Trinajstić information content (AvgIpc) is 2.27. The van der Waals surface area contributed by atoms with Crippen LogP contribution in [0.3, 0.4) is 0 Å². The Kier molecular flexibility index (Phi) is 2.82. The lowest BCUT2D eigenvalue weighted by Crippen LogP contribution is -2.32. The Labute approximate surface area is 98.0 Å². The Morgan fingerprint density at radius 3 is 2.59 bits per heavy atom. The van der Waals surface area contributed by atoms with Crippen molar-refractivity contribution in [2.45, 2.75) is 11.7 Å². The van der Waals surface area contributed by atoms with Crippen LogP contribution in [0, 0.1) is 0 Å². The third kappa shape index (κ3) is 1.99. The summed E-state index contributed by atoms with van der Waals surface area (Å²) in [5, 5.41) is 10.2. The van der Waals surface area contributed by atoms with Gasteiger partial charge in [-0.15, -0.1) is 4.21 Å². The van der Waals surface area contributed by atoms with Gasteiger partial charge in [-0.25, -0.2) is 0 Å². The lowest BCUT2D eigenvalue weighted by molar-refractivity contribution is -0.113. The Morgan fingerprint density at radius 1 is 1.35 bits per heavy atom. The maximum absolute atomic E-state index is 11.6. The summed E-state index contributed by atoms with van der Waals surface area (Å²) >= 11 is 0. The molecule has 1 unspecified atom stereocenters. The van der Waals surface area contributed by atoms with Crippen molar-refractivity contribution in [1.29, 1.82) is 0 Å². The molecular weight excluding hydrogens is 246 g/mol. The minimum atomic E-state index is -4.61. The van der Waals surface area contributed by atoms with Crippen LogP contribution in [0.5, 0.6) is 0 Å². The van der Waals surface area contributed by atoms with E-state index in [0.29, 0.717) is 0 Å². The SMILES string of the molecule is O=C1CC([S+](=O)([O-])[O-])c2ccccc2/C1=N\O. The highest BCUT2D eigenvalue weighted by Crippen LogP contribution is 2.35. The number of carbonyl (C=O) groups excluding carboxylic acids is 1. The molecule has 1 aromatic rings. The molecule has 7 heteroatoms. The van der Waals surface area contributed by atoms with Crippen LogP contribution in [0.1, 0.15) is 22.8 Å². The zero-order chi connectivity index (χ0) is 12.6. The van der Waals surface area contributed by atoms with E-state index in [-0.39, 0.29) is 16.8 Å². The van der Waals surface area contributed by atoms with E-state index in [1.807, 2.05) is 0 Å². The first-order valence-corrected chi connectivity index (χ1v) is 6.21. The molecule has 0 aliphatic heterocycles. The quantitative estimate of drug-likeness (QED) is 0.449. The van der Waals surface area contributed by atoms with Gasteiger partial charge in [-0.05, 0) is 0 Å². The summed E-state index contributed by atoms with van der Waals surface area (Å²) in [4.78, 5) is 11.6. The predicted octanol–water partition coefficient (Wildman–Crippen LogP) is 0.639. The third-order valence-corrected chi connectivity index (χ3v) is 3.76. The summed E-state index contributed by atoms with van der Waals surface area (Å²) in [5.41, 5.74) is 0.186. The van der Waals surface area contributed by atoms with Crippen molar-refractivity contribution >= 4 is 22.0 Å². The normalized spacial score (nSPS) is 22.6. The molecule has 17 heavy (non-hydrogen) atoms. The van der Waals surface area contributed by atoms with Gasteiger partial charge in [-0.3, -0.25) is 4.79 Å². The van der Waals surface area contributed by atoms with E-state index in [4.69, 9.17) is 5.21 Å². The molecule has 0 saturated carbocycles. The summed E-state index contributed by atoms with van der Waals surface area (Å²) in [6.45, 7) is 0. The predicted molar refractivity (Wildman–Crippen MR) is 56.7 cm³/mol. The van der Waals surface area contributed by atoms with Gasteiger partial charge >= 0.3 is 0 Å². The van der Waals surface area contributed by atoms with Crippen molar-refractivity contribution in [2.24, 2.45) is 5.16 Å². The summed E-state index contributed by atoms with van der Waals surface area (Å²) in [6, 6.07) is 6.01. The van der Waals surface area contributed by atoms with Crippen LogP contribution in [-0.2, 0) is 19.5 Å². The molecular formula is C10H8NO5S-. The number of fused-ring (bicyclic) bond motifs is 1. The molecule has 0 amide bonds. The van der Waals surface area contributed by atoms with E-state index in [1.54, 1.807) is 12.1 Å². The van der Waals surface area contributed by atoms with Crippen LogP contribution in [0.25, 0.3) is 0 Å². The number of Topliss-reactive ketones (excluding diaryl/α,β-unsaturated/α-hetero) is 1. The molecule has 2 rings (SSSR count). The summed E-state index contributed by atoms with van der Waals surface area (Å²) < 4.78 is 33.2. The number of ketones is 1. The van der Waals surface area contributed by atoms with Crippen molar-refractivity contribution in [3.8, 4) is 0 Å². The Balaban J connectivity index is 2.65. The number of carbonyl (C=O) groups is 1. The minimum Gasteiger partial charge on any atom is -0.616 e. The second-order valence-corrected chi connectivity index (χ2v) is 5.20. The van der Waals surface area contributed by atoms with Crippen LogP contribution in [0.2, 0.25) is 0 Å². The van der Waals surface area contributed by atoms with Crippen LogP contribution in [0.15, 0.2) is 29.4 Å². The highest BCUT2D eigenvalue weighted by atomic mass is 32.3. The number of oxime groups is 1. The molecule has 90 valence electrons. The van der Waals surface area contributed by atoms with Gasteiger partial charge in [0.1, 0.15) is 5.25 Å². The zero-order valence-corrected chi connectivity index (χ0v) is 9.35. The summed E-state index contributed by atoms with van der Waals surface area (Å²) in [6.07, 6.45) is -0.484. The summed E-state index contributed by atoms with van der Waals surface area (Å²) in [7, 11) is -4.61. The highest BCUT2D eigenvalue weighted by molar-refractivity contribution is 7.92. The maximum atomic E-state index is 11.6. The molecule has 0 fully saturated rings. The molecule has 0 aromatic heterocycles. The van der Waals surface area contributed by atoms with E-state index in [0.717, 1.165) is 0 Å². The van der Waals surface area contributed by atoms with Gasteiger partial charge in [-0.1, -0.05) is 29.4 Å². The largest absolute Gasteiger partial charge is 0.616 e. The van der Waals surface area contributed by atoms with E-state index in [1.165, 1.54) is 12.1 Å². The lowest BCUT2D eigenvalue weighted by atomic mass is 9.89. The molecule has 6 nitrogen and oxygen atoms in total. The Morgan fingerprint density at radius 2 is 2.00 bits per heavy atom. The van der Waals surface area contributed by atoms with Gasteiger partial charge in [0.05, 0.1) is 6.42 Å². The smallest absolute Gasteiger partial charge is 0.190 e. The Hall–Kier alpha value is -1.57. The molecule has 1 atom stereocenters. The van der Waals surface area contributed by atoms with Gasteiger partial charge in [-0.2, -0.15) is 0 Å². The van der Waals surface area contributed by atoms with Crippen LogP contribution in [0.4, 0.5) is 0 Å². The second kappa shape index (κ2) is 4.02. The van der Waals surface area contributed by atoms with E-state index >= 15 is 0 Å². The Bertz CT molecular complexity index is 547. The zero-order valence-electron chi connectivity index (χ0n) is 8.53. The molecule has 0 bridgehead atoms. The second-order valence-electron chi connectivity index (χ2n) is 3.64. The van der Waals surface area contributed by atoms with Crippen molar-refractivity contribution in [2.75, 3.05) is 0 Å². The van der Waals surface area contributed by atoms with Crippen molar-refractivity contribution in [3.05, 3.63) is 35.4 Å². The molecule has 1 aliphatic carbocycles. The van der Waals surface area contributed by atoms with Gasteiger partial charge in [0.25, 0.3) is 0 Å².